The molecule has 0 bridgehead atoms. The first-order chi connectivity index (χ1) is 9.70. The van der Waals surface area contributed by atoms with E-state index in [-0.39, 0.29) is 0 Å². The number of rotatable bonds is 5. The quantitative estimate of drug-likeness (QED) is 0.662. The summed E-state index contributed by atoms with van der Waals surface area (Å²) < 4.78 is 2.21. The molecule has 1 aromatic rings. The van der Waals surface area contributed by atoms with Gasteiger partial charge in [-0.1, -0.05) is 13.8 Å². The van der Waals surface area contributed by atoms with Crippen LogP contribution in [-0.4, -0.2) is 40.0 Å². The summed E-state index contributed by atoms with van der Waals surface area (Å²) in [6.45, 7) is 11.4. The van der Waals surface area contributed by atoms with E-state index in [1.807, 2.05) is 12.4 Å². The number of aliphatic imine (C=N–C) groups is 1. The average molecular weight is 277 g/mol. The topological polar surface area (TPSA) is 45.5 Å². The van der Waals surface area contributed by atoms with Crippen molar-refractivity contribution in [1.29, 1.82) is 0 Å². The third-order valence-corrected chi connectivity index (χ3v) is 3.47. The van der Waals surface area contributed by atoms with Crippen LogP contribution in [0, 0.1) is 5.92 Å². The molecule has 1 aliphatic heterocycles. The van der Waals surface area contributed by atoms with Gasteiger partial charge < -0.3 is 14.8 Å². The molecule has 1 aliphatic rings. The van der Waals surface area contributed by atoms with Gasteiger partial charge in [-0.05, 0) is 25.7 Å². The van der Waals surface area contributed by atoms with Crippen LogP contribution in [-0.2, 0) is 13.1 Å². The third kappa shape index (κ3) is 3.99. The second-order valence-electron chi connectivity index (χ2n) is 5.75. The van der Waals surface area contributed by atoms with Crippen molar-refractivity contribution in [2.75, 3.05) is 19.6 Å². The third-order valence-electron chi connectivity index (χ3n) is 3.47. The Morgan fingerprint density at radius 3 is 2.80 bits per heavy atom. The van der Waals surface area contributed by atoms with Crippen LogP contribution in [0.3, 0.4) is 0 Å². The maximum atomic E-state index is 4.75. The molecular weight excluding hydrogens is 250 g/mol. The maximum Gasteiger partial charge on any atom is 0.194 e. The summed E-state index contributed by atoms with van der Waals surface area (Å²) in [5.74, 6) is 2.70. The van der Waals surface area contributed by atoms with E-state index >= 15 is 0 Å². The maximum absolute atomic E-state index is 4.75. The molecule has 0 aromatic carbocycles. The van der Waals surface area contributed by atoms with Gasteiger partial charge in [0.15, 0.2) is 5.96 Å². The van der Waals surface area contributed by atoms with E-state index in [4.69, 9.17) is 4.99 Å². The van der Waals surface area contributed by atoms with Crippen molar-refractivity contribution in [3.8, 4) is 0 Å². The van der Waals surface area contributed by atoms with Gasteiger partial charge in [-0.2, -0.15) is 0 Å². The SMILES string of the molecule is CCNC(=NCc1nccn1CC(C)C)N1CCCC1. The first kappa shape index (κ1) is 14.9. The van der Waals surface area contributed by atoms with Crippen molar-refractivity contribution in [2.24, 2.45) is 10.9 Å². The number of nitrogens with one attached hydrogen (secondary N) is 1. The van der Waals surface area contributed by atoms with Crippen LogP contribution >= 0.6 is 0 Å². The van der Waals surface area contributed by atoms with E-state index < -0.39 is 0 Å². The molecule has 20 heavy (non-hydrogen) atoms. The second kappa shape index (κ2) is 7.31. The molecule has 0 radical (unpaired) electrons. The van der Waals surface area contributed by atoms with E-state index in [1.165, 1.54) is 12.8 Å². The minimum absolute atomic E-state index is 0.624. The Hall–Kier alpha value is -1.52. The molecule has 1 fully saturated rings. The van der Waals surface area contributed by atoms with E-state index in [0.29, 0.717) is 12.5 Å². The molecule has 2 rings (SSSR count). The zero-order valence-corrected chi connectivity index (χ0v) is 13.0. The minimum Gasteiger partial charge on any atom is -0.357 e. The average Bonchev–Trinajstić information content (AvgIpc) is 3.05. The standard InChI is InChI=1S/C15H27N5/c1-4-16-15(19-8-5-6-9-19)18-11-14-17-7-10-20(14)12-13(2)3/h7,10,13H,4-6,8-9,11-12H2,1-3H3,(H,16,18). The van der Waals surface area contributed by atoms with Crippen molar-refractivity contribution < 1.29 is 0 Å². The monoisotopic (exact) mass is 277 g/mol. The van der Waals surface area contributed by atoms with Crippen molar-refractivity contribution in [3.05, 3.63) is 18.2 Å². The first-order valence-corrected chi connectivity index (χ1v) is 7.74. The summed E-state index contributed by atoms with van der Waals surface area (Å²) in [6, 6.07) is 0. The summed E-state index contributed by atoms with van der Waals surface area (Å²) in [4.78, 5) is 11.5. The molecule has 1 N–H and O–H groups in total. The van der Waals surface area contributed by atoms with Gasteiger partial charge in [-0.3, -0.25) is 0 Å². The summed E-state index contributed by atoms with van der Waals surface area (Å²) >= 11 is 0. The molecule has 0 aliphatic carbocycles. The highest BCUT2D eigenvalue weighted by Gasteiger charge is 2.15. The summed E-state index contributed by atoms with van der Waals surface area (Å²) in [7, 11) is 0. The van der Waals surface area contributed by atoms with Gasteiger partial charge in [0.05, 0.1) is 0 Å². The highest BCUT2D eigenvalue weighted by molar-refractivity contribution is 5.80. The predicted octanol–water partition coefficient (Wildman–Crippen LogP) is 2.10. The Balaban J connectivity index is 2.03. The van der Waals surface area contributed by atoms with Gasteiger partial charge in [-0.25, -0.2) is 9.98 Å². The zero-order chi connectivity index (χ0) is 14.4. The molecule has 1 saturated heterocycles. The number of likely N-dealkylation sites (tertiary alicyclic amines) is 1. The Morgan fingerprint density at radius 1 is 1.40 bits per heavy atom. The number of guanidine groups is 1. The lowest BCUT2D eigenvalue weighted by Crippen LogP contribution is -2.39. The molecule has 2 heterocycles. The lowest BCUT2D eigenvalue weighted by Gasteiger charge is -2.20. The first-order valence-electron chi connectivity index (χ1n) is 7.74. The predicted molar refractivity (Wildman–Crippen MR) is 82.7 cm³/mol. The number of nitrogens with zero attached hydrogens (tertiary/aromatic N) is 4. The van der Waals surface area contributed by atoms with Gasteiger partial charge in [0.25, 0.3) is 0 Å². The van der Waals surface area contributed by atoms with Crippen molar-refractivity contribution in [3.63, 3.8) is 0 Å². The number of hydrogen-bond acceptors (Lipinski definition) is 2. The molecular formula is C15H27N5. The van der Waals surface area contributed by atoms with Crippen LogP contribution in [0.2, 0.25) is 0 Å². The number of aromatic nitrogens is 2. The lowest BCUT2D eigenvalue weighted by molar-refractivity contribution is 0.488. The van der Waals surface area contributed by atoms with Crippen molar-refractivity contribution in [1.82, 2.24) is 19.8 Å². The number of imidazole rings is 1. The molecule has 0 spiro atoms. The summed E-state index contributed by atoms with van der Waals surface area (Å²) in [6.07, 6.45) is 6.46. The van der Waals surface area contributed by atoms with Crippen LogP contribution in [0.15, 0.2) is 17.4 Å². The Labute approximate surface area is 122 Å². The molecule has 0 saturated carbocycles. The molecule has 1 aromatic heterocycles. The molecule has 0 unspecified atom stereocenters. The van der Waals surface area contributed by atoms with Crippen LogP contribution in [0.4, 0.5) is 0 Å². The smallest absolute Gasteiger partial charge is 0.194 e. The van der Waals surface area contributed by atoms with Gasteiger partial charge in [-0.15, -0.1) is 0 Å². The molecule has 0 atom stereocenters. The second-order valence-corrected chi connectivity index (χ2v) is 5.75. The lowest BCUT2D eigenvalue weighted by atomic mass is 10.2. The molecule has 112 valence electrons. The fourth-order valence-corrected chi connectivity index (χ4v) is 2.55. The zero-order valence-electron chi connectivity index (χ0n) is 13.0. The highest BCUT2D eigenvalue weighted by atomic mass is 15.3. The van der Waals surface area contributed by atoms with E-state index in [0.717, 1.165) is 38.0 Å². The van der Waals surface area contributed by atoms with E-state index in [1.54, 1.807) is 0 Å². The summed E-state index contributed by atoms with van der Waals surface area (Å²) in [5.41, 5.74) is 0. The Morgan fingerprint density at radius 2 is 2.15 bits per heavy atom. The van der Waals surface area contributed by atoms with Crippen molar-refractivity contribution in [2.45, 2.75) is 46.7 Å². The largest absolute Gasteiger partial charge is 0.357 e. The van der Waals surface area contributed by atoms with Gasteiger partial charge in [0.2, 0.25) is 0 Å². The van der Waals surface area contributed by atoms with Crippen molar-refractivity contribution >= 4 is 5.96 Å². The number of hydrogen-bond donors (Lipinski definition) is 1. The fraction of sp³-hybridized carbons (Fsp3) is 0.733. The Kier molecular flexibility index (Phi) is 5.44. The van der Waals surface area contributed by atoms with Gasteiger partial charge >= 0.3 is 0 Å². The van der Waals surface area contributed by atoms with Gasteiger partial charge in [0, 0.05) is 38.6 Å². The van der Waals surface area contributed by atoms with Crippen LogP contribution in [0.1, 0.15) is 39.4 Å². The summed E-state index contributed by atoms with van der Waals surface area (Å²) in [5, 5.41) is 3.39. The van der Waals surface area contributed by atoms with Crippen LogP contribution in [0.5, 0.6) is 0 Å². The van der Waals surface area contributed by atoms with E-state index in [2.05, 4.69) is 40.5 Å². The fourth-order valence-electron chi connectivity index (χ4n) is 2.55. The molecule has 5 nitrogen and oxygen atoms in total. The van der Waals surface area contributed by atoms with Crippen LogP contribution < -0.4 is 5.32 Å². The van der Waals surface area contributed by atoms with Gasteiger partial charge in [0.1, 0.15) is 12.4 Å². The Bertz CT molecular complexity index is 429. The normalized spacial score (nSPS) is 16.2. The van der Waals surface area contributed by atoms with Crippen LogP contribution in [0.25, 0.3) is 0 Å². The highest BCUT2D eigenvalue weighted by Crippen LogP contribution is 2.09. The minimum atomic E-state index is 0.624. The molecule has 5 heteroatoms. The van der Waals surface area contributed by atoms with E-state index in [9.17, 15) is 0 Å². The molecule has 0 amide bonds.